The molecule has 0 radical (unpaired) electrons. The number of hydrogen-bond donors (Lipinski definition) is 1. The van der Waals surface area contributed by atoms with Gasteiger partial charge < -0.3 is 10.2 Å². The number of rotatable bonds is 7. The second-order valence-corrected chi connectivity index (χ2v) is 3.52. The molecule has 0 unspecified atom stereocenters. The van der Waals surface area contributed by atoms with Crippen molar-refractivity contribution in [1.82, 2.24) is 10.3 Å². The van der Waals surface area contributed by atoms with E-state index >= 15 is 0 Å². The van der Waals surface area contributed by atoms with Gasteiger partial charge in [0.25, 0.3) is 0 Å². The van der Waals surface area contributed by atoms with Crippen molar-refractivity contribution in [2.45, 2.75) is 6.54 Å². The molecule has 16 heavy (non-hydrogen) atoms. The van der Waals surface area contributed by atoms with Crippen molar-refractivity contribution < 1.29 is 0 Å². The summed E-state index contributed by atoms with van der Waals surface area (Å²) in [6.07, 6.45) is 7.48. The first-order valence-corrected chi connectivity index (χ1v) is 5.37. The summed E-state index contributed by atoms with van der Waals surface area (Å²) in [5, 5.41) is 3.16. The third-order valence-electron chi connectivity index (χ3n) is 2.29. The summed E-state index contributed by atoms with van der Waals surface area (Å²) in [4.78, 5) is 6.37. The summed E-state index contributed by atoms with van der Waals surface area (Å²) in [6.45, 7) is 9.98. The Labute approximate surface area is 97.5 Å². The van der Waals surface area contributed by atoms with Crippen molar-refractivity contribution in [3.05, 3.63) is 49.3 Å². The predicted molar refractivity (Wildman–Crippen MR) is 69.6 cm³/mol. The minimum atomic E-state index is 0.800. The Morgan fingerprint density at radius 2 is 2.06 bits per heavy atom. The van der Waals surface area contributed by atoms with Gasteiger partial charge in [0.1, 0.15) is 0 Å². The van der Waals surface area contributed by atoms with Crippen LogP contribution in [0.5, 0.6) is 0 Å². The lowest BCUT2D eigenvalue weighted by Crippen LogP contribution is -2.25. The first kappa shape index (κ1) is 12.5. The monoisotopic (exact) mass is 217 g/mol. The molecule has 86 valence electrons. The van der Waals surface area contributed by atoms with Crippen LogP contribution in [0.1, 0.15) is 5.56 Å². The maximum Gasteiger partial charge on any atom is 0.0603 e. The Kier molecular flexibility index (Phi) is 5.29. The third kappa shape index (κ3) is 3.21. The molecule has 1 heterocycles. The molecule has 0 bridgehead atoms. The van der Waals surface area contributed by atoms with Gasteiger partial charge in [0.05, 0.1) is 11.9 Å². The van der Waals surface area contributed by atoms with Gasteiger partial charge in [-0.2, -0.15) is 0 Å². The summed E-state index contributed by atoms with van der Waals surface area (Å²) in [7, 11) is 1.94. The van der Waals surface area contributed by atoms with Gasteiger partial charge in [-0.25, -0.2) is 0 Å². The van der Waals surface area contributed by atoms with Crippen LogP contribution < -0.4 is 10.2 Å². The number of pyridine rings is 1. The zero-order chi connectivity index (χ0) is 11.8. The number of anilines is 1. The Bertz CT molecular complexity index is 337. The summed E-state index contributed by atoms with van der Waals surface area (Å²) in [6, 6.07) is 2.03. The van der Waals surface area contributed by atoms with Gasteiger partial charge in [0, 0.05) is 25.8 Å². The normalized spacial score (nSPS) is 9.81. The van der Waals surface area contributed by atoms with Crippen LogP contribution in [0.4, 0.5) is 5.69 Å². The highest BCUT2D eigenvalue weighted by atomic mass is 15.1. The van der Waals surface area contributed by atoms with Crippen LogP contribution in [0.3, 0.4) is 0 Å². The van der Waals surface area contributed by atoms with E-state index in [-0.39, 0.29) is 0 Å². The van der Waals surface area contributed by atoms with Crippen molar-refractivity contribution in [2.24, 2.45) is 0 Å². The first-order valence-electron chi connectivity index (χ1n) is 5.37. The maximum absolute atomic E-state index is 4.17. The fourth-order valence-corrected chi connectivity index (χ4v) is 1.62. The molecule has 0 atom stereocenters. The van der Waals surface area contributed by atoms with Crippen LogP contribution in [0.2, 0.25) is 0 Å². The molecule has 1 aromatic rings. The van der Waals surface area contributed by atoms with Gasteiger partial charge in [-0.3, -0.25) is 4.98 Å². The molecule has 0 amide bonds. The minimum Gasteiger partial charge on any atom is -0.363 e. The molecule has 3 nitrogen and oxygen atoms in total. The predicted octanol–water partition coefficient (Wildman–Crippen LogP) is 1.98. The van der Waals surface area contributed by atoms with Crippen molar-refractivity contribution >= 4 is 5.69 Å². The SMILES string of the molecule is C=CCN(CC=C)c1cnccc1CNC. The van der Waals surface area contributed by atoms with Crippen LogP contribution >= 0.6 is 0 Å². The first-order chi connectivity index (χ1) is 7.83. The van der Waals surface area contributed by atoms with E-state index < -0.39 is 0 Å². The van der Waals surface area contributed by atoms with E-state index in [1.54, 1.807) is 0 Å². The molecule has 0 aromatic carbocycles. The molecule has 1 aromatic heterocycles. The average molecular weight is 217 g/mol. The second kappa shape index (κ2) is 6.80. The highest BCUT2D eigenvalue weighted by Crippen LogP contribution is 2.18. The van der Waals surface area contributed by atoms with Crippen LogP contribution in [-0.4, -0.2) is 25.1 Å². The molecule has 0 aliphatic carbocycles. The molecule has 0 saturated heterocycles. The summed E-state index contributed by atoms with van der Waals surface area (Å²) < 4.78 is 0. The van der Waals surface area contributed by atoms with Gasteiger partial charge in [0.15, 0.2) is 0 Å². The molecule has 3 heteroatoms. The topological polar surface area (TPSA) is 28.2 Å². The van der Waals surface area contributed by atoms with Crippen LogP contribution in [-0.2, 0) is 6.54 Å². The molecule has 1 rings (SSSR count). The number of nitrogens with one attached hydrogen (secondary N) is 1. The summed E-state index contributed by atoms with van der Waals surface area (Å²) in [5.41, 5.74) is 2.37. The van der Waals surface area contributed by atoms with E-state index in [9.17, 15) is 0 Å². The molecule has 0 fully saturated rings. The molecular formula is C13H19N3. The zero-order valence-corrected chi connectivity index (χ0v) is 9.82. The van der Waals surface area contributed by atoms with Crippen molar-refractivity contribution in [1.29, 1.82) is 0 Å². The van der Waals surface area contributed by atoms with Crippen LogP contribution in [0, 0.1) is 0 Å². The van der Waals surface area contributed by atoms with E-state index in [1.807, 2.05) is 37.7 Å². The fourth-order valence-electron chi connectivity index (χ4n) is 1.62. The van der Waals surface area contributed by atoms with Crippen LogP contribution in [0.15, 0.2) is 43.8 Å². The molecule has 1 N–H and O–H groups in total. The standard InChI is InChI=1S/C13H19N3/c1-4-8-16(9-5-2)13-11-15-7-6-12(13)10-14-3/h4-7,11,14H,1-2,8-10H2,3H3. The average Bonchev–Trinajstić information content (AvgIpc) is 2.30. The second-order valence-electron chi connectivity index (χ2n) is 3.52. The van der Waals surface area contributed by atoms with E-state index in [2.05, 4.69) is 28.4 Å². The Balaban J connectivity index is 2.96. The molecule has 0 saturated carbocycles. The van der Waals surface area contributed by atoms with Gasteiger partial charge in [0.2, 0.25) is 0 Å². The van der Waals surface area contributed by atoms with Gasteiger partial charge in [-0.1, -0.05) is 12.2 Å². The lowest BCUT2D eigenvalue weighted by molar-refractivity contribution is 0.805. The van der Waals surface area contributed by atoms with Gasteiger partial charge in [-0.15, -0.1) is 13.2 Å². The highest BCUT2D eigenvalue weighted by Gasteiger charge is 2.08. The van der Waals surface area contributed by atoms with Gasteiger partial charge in [-0.05, 0) is 18.7 Å². The van der Waals surface area contributed by atoms with Crippen LogP contribution in [0.25, 0.3) is 0 Å². The molecular weight excluding hydrogens is 198 g/mol. The van der Waals surface area contributed by atoms with E-state index in [0.717, 1.165) is 25.3 Å². The van der Waals surface area contributed by atoms with E-state index in [1.165, 1.54) is 5.56 Å². The smallest absolute Gasteiger partial charge is 0.0603 e. The quantitative estimate of drug-likeness (QED) is 0.708. The molecule has 0 aliphatic rings. The lowest BCUT2D eigenvalue weighted by atomic mass is 10.2. The van der Waals surface area contributed by atoms with Crippen molar-refractivity contribution in [2.75, 3.05) is 25.0 Å². The van der Waals surface area contributed by atoms with Crippen molar-refractivity contribution in [3.63, 3.8) is 0 Å². The van der Waals surface area contributed by atoms with E-state index in [4.69, 9.17) is 0 Å². The Morgan fingerprint density at radius 1 is 1.38 bits per heavy atom. The number of nitrogens with zero attached hydrogens (tertiary/aromatic N) is 2. The highest BCUT2D eigenvalue weighted by molar-refractivity contribution is 5.52. The third-order valence-corrected chi connectivity index (χ3v) is 2.29. The molecule has 0 aliphatic heterocycles. The number of hydrogen-bond acceptors (Lipinski definition) is 3. The fraction of sp³-hybridized carbons (Fsp3) is 0.308. The Hall–Kier alpha value is -1.61. The van der Waals surface area contributed by atoms with E-state index in [0.29, 0.717) is 0 Å². The Morgan fingerprint density at radius 3 is 2.62 bits per heavy atom. The van der Waals surface area contributed by atoms with Crippen molar-refractivity contribution in [3.8, 4) is 0 Å². The zero-order valence-electron chi connectivity index (χ0n) is 9.82. The molecule has 0 spiro atoms. The maximum atomic E-state index is 4.17. The summed E-state index contributed by atoms with van der Waals surface area (Å²) >= 11 is 0. The number of aromatic nitrogens is 1. The van der Waals surface area contributed by atoms with Gasteiger partial charge >= 0.3 is 0 Å². The lowest BCUT2D eigenvalue weighted by Gasteiger charge is -2.23. The minimum absolute atomic E-state index is 0.800. The summed E-state index contributed by atoms with van der Waals surface area (Å²) in [5.74, 6) is 0. The largest absolute Gasteiger partial charge is 0.363 e.